The van der Waals surface area contributed by atoms with Gasteiger partial charge in [-0.3, -0.25) is 9.36 Å². The van der Waals surface area contributed by atoms with Crippen LogP contribution in [0.15, 0.2) is 34.2 Å². The second-order valence-corrected chi connectivity index (χ2v) is 7.65. The van der Waals surface area contributed by atoms with E-state index in [0.717, 1.165) is 31.4 Å². The Labute approximate surface area is 148 Å². The minimum absolute atomic E-state index is 0.0479. The molecule has 0 aliphatic rings. The molecule has 0 bridgehead atoms. The van der Waals surface area contributed by atoms with Crippen LogP contribution in [0.25, 0.3) is 10.2 Å². The summed E-state index contributed by atoms with van der Waals surface area (Å²) in [5, 5.41) is 10.4. The van der Waals surface area contributed by atoms with Gasteiger partial charge in [0.05, 0.1) is 17.0 Å². The Balaban J connectivity index is 1.96. The van der Waals surface area contributed by atoms with E-state index >= 15 is 0 Å². The van der Waals surface area contributed by atoms with Crippen LogP contribution in [0, 0.1) is 25.2 Å². The lowest BCUT2D eigenvalue weighted by atomic mass is 10.2. The SMILES string of the molecule is CCn1c(SCc2ccc(C#N)cc2)nc2sc(C)c(C)c2c1=O. The Bertz CT molecular complexity index is 994. The molecule has 0 aliphatic heterocycles. The molecular formula is C18H17N3OS2. The Morgan fingerprint density at radius 2 is 2.00 bits per heavy atom. The summed E-state index contributed by atoms with van der Waals surface area (Å²) in [6.07, 6.45) is 0. The largest absolute Gasteiger partial charge is 0.287 e. The topological polar surface area (TPSA) is 58.7 Å². The molecule has 2 heterocycles. The zero-order valence-corrected chi connectivity index (χ0v) is 15.4. The molecule has 3 aromatic rings. The minimum Gasteiger partial charge on any atom is -0.287 e. The van der Waals surface area contributed by atoms with E-state index < -0.39 is 0 Å². The van der Waals surface area contributed by atoms with E-state index in [1.165, 1.54) is 0 Å². The molecule has 0 aliphatic carbocycles. The number of aryl methyl sites for hydroxylation is 2. The third kappa shape index (κ3) is 2.97. The van der Waals surface area contributed by atoms with Crippen molar-refractivity contribution in [2.75, 3.05) is 0 Å². The lowest BCUT2D eigenvalue weighted by Crippen LogP contribution is -2.22. The summed E-state index contributed by atoms with van der Waals surface area (Å²) in [5.74, 6) is 0.715. The second kappa shape index (κ2) is 6.80. The van der Waals surface area contributed by atoms with Crippen LogP contribution in [-0.4, -0.2) is 9.55 Å². The van der Waals surface area contributed by atoms with Crippen molar-refractivity contribution in [3.8, 4) is 6.07 Å². The third-order valence-corrected chi connectivity index (χ3v) is 6.17. The Kier molecular flexibility index (Phi) is 4.74. The fourth-order valence-corrected chi connectivity index (χ4v) is 4.61. The second-order valence-electron chi connectivity index (χ2n) is 5.50. The molecule has 3 rings (SSSR count). The standard InChI is InChI=1S/C18H17N3OS2/c1-4-21-17(22)15-11(2)12(3)24-16(15)20-18(21)23-10-14-7-5-13(9-19)6-8-14/h5-8H,4,10H2,1-3H3. The Morgan fingerprint density at radius 3 is 2.62 bits per heavy atom. The monoisotopic (exact) mass is 355 g/mol. The number of hydrogen-bond donors (Lipinski definition) is 0. The van der Waals surface area contributed by atoms with Crippen LogP contribution in [0.1, 0.15) is 28.5 Å². The Morgan fingerprint density at radius 1 is 1.29 bits per heavy atom. The molecule has 6 heteroatoms. The van der Waals surface area contributed by atoms with Gasteiger partial charge >= 0.3 is 0 Å². The molecule has 24 heavy (non-hydrogen) atoms. The van der Waals surface area contributed by atoms with Crippen molar-refractivity contribution >= 4 is 33.3 Å². The van der Waals surface area contributed by atoms with Gasteiger partial charge in [-0.05, 0) is 44.0 Å². The van der Waals surface area contributed by atoms with Crippen LogP contribution in [0.4, 0.5) is 0 Å². The van der Waals surface area contributed by atoms with Gasteiger partial charge < -0.3 is 0 Å². The molecule has 0 unspecified atom stereocenters. The first kappa shape index (κ1) is 16.7. The van der Waals surface area contributed by atoms with Crippen LogP contribution in [0.3, 0.4) is 0 Å². The zero-order chi connectivity index (χ0) is 17.3. The van der Waals surface area contributed by atoms with Gasteiger partial charge in [0.25, 0.3) is 5.56 Å². The molecule has 122 valence electrons. The lowest BCUT2D eigenvalue weighted by molar-refractivity contribution is 0.635. The molecule has 0 fully saturated rings. The number of rotatable bonds is 4. The van der Waals surface area contributed by atoms with Crippen molar-refractivity contribution in [3.05, 3.63) is 56.2 Å². The van der Waals surface area contributed by atoms with Gasteiger partial charge in [-0.2, -0.15) is 5.26 Å². The molecule has 2 aromatic heterocycles. The van der Waals surface area contributed by atoms with Gasteiger partial charge in [0.2, 0.25) is 0 Å². The molecule has 0 atom stereocenters. The van der Waals surface area contributed by atoms with Crippen molar-refractivity contribution in [2.24, 2.45) is 0 Å². The smallest absolute Gasteiger partial charge is 0.263 e. The lowest BCUT2D eigenvalue weighted by Gasteiger charge is -2.10. The van der Waals surface area contributed by atoms with E-state index in [1.54, 1.807) is 27.7 Å². The number of thioether (sulfide) groups is 1. The molecular weight excluding hydrogens is 338 g/mol. The fourth-order valence-electron chi connectivity index (χ4n) is 2.52. The molecule has 0 radical (unpaired) electrons. The first-order valence-corrected chi connectivity index (χ1v) is 9.47. The van der Waals surface area contributed by atoms with Crippen LogP contribution >= 0.6 is 23.1 Å². The molecule has 0 saturated carbocycles. The number of fused-ring (bicyclic) bond motifs is 1. The van der Waals surface area contributed by atoms with Gasteiger partial charge in [-0.1, -0.05) is 23.9 Å². The third-order valence-electron chi connectivity index (χ3n) is 4.02. The van der Waals surface area contributed by atoms with E-state index in [0.29, 0.717) is 17.9 Å². The predicted octanol–water partition coefficient (Wildman–Crippen LogP) is 4.26. The number of nitriles is 1. The van der Waals surface area contributed by atoms with Crippen molar-refractivity contribution in [3.63, 3.8) is 0 Å². The van der Waals surface area contributed by atoms with Crippen LogP contribution in [0.2, 0.25) is 0 Å². The quantitative estimate of drug-likeness (QED) is 0.518. The van der Waals surface area contributed by atoms with Gasteiger partial charge in [-0.25, -0.2) is 4.98 Å². The Hall–Kier alpha value is -2.10. The average molecular weight is 355 g/mol. The van der Waals surface area contributed by atoms with E-state index in [9.17, 15) is 4.79 Å². The number of nitrogens with zero attached hydrogens (tertiary/aromatic N) is 3. The minimum atomic E-state index is 0.0479. The number of thiophene rings is 1. The summed E-state index contributed by atoms with van der Waals surface area (Å²) in [5.41, 5.74) is 2.85. The highest BCUT2D eigenvalue weighted by Crippen LogP contribution is 2.29. The van der Waals surface area contributed by atoms with Gasteiger partial charge in [0, 0.05) is 17.2 Å². The molecule has 0 amide bonds. The van der Waals surface area contributed by atoms with Crippen LogP contribution < -0.4 is 5.56 Å². The van der Waals surface area contributed by atoms with Crippen molar-refractivity contribution in [1.29, 1.82) is 5.26 Å². The highest BCUT2D eigenvalue weighted by Gasteiger charge is 2.16. The summed E-state index contributed by atoms with van der Waals surface area (Å²) in [7, 11) is 0. The molecule has 0 N–H and O–H groups in total. The maximum atomic E-state index is 12.8. The summed E-state index contributed by atoms with van der Waals surface area (Å²) in [4.78, 5) is 19.5. The summed E-state index contributed by atoms with van der Waals surface area (Å²) in [6.45, 7) is 6.59. The highest BCUT2D eigenvalue weighted by atomic mass is 32.2. The van der Waals surface area contributed by atoms with E-state index in [-0.39, 0.29) is 5.56 Å². The molecule has 4 nitrogen and oxygen atoms in total. The first-order chi connectivity index (χ1) is 11.5. The number of aromatic nitrogens is 2. The summed E-state index contributed by atoms with van der Waals surface area (Å²) >= 11 is 3.14. The first-order valence-electron chi connectivity index (χ1n) is 7.67. The van der Waals surface area contributed by atoms with E-state index in [4.69, 9.17) is 10.2 Å². The molecule has 0 saturated heterocycles. The van der Waals surface area contributed by atoms with Gasteiger partial charge in [-0.15, -0.1) is 11.3 Å². The van der Waals surface area contributed by atoms with E-state index in [2.05, 4.69) is 6.07 Å². The maximum Gasteiger partial charge on any atom is 0.263 e. The molecule has 0 spiro atoms. The summed E-state index contributed by atoms with van der Waals surface area (Å²) < 4.78 is 1.75. The van der Waals surface area contributed by atoms with E-state index in [1.807, 2.05) is 45.0 Å². The number of hydrogen-bond acceptors (Lipinski definition) is 5. The normalized spacial score (nSPS) is 10.9. The zero-order valence-electron chi connectivity index (χ0n) is 13.8. The maximum absolute atomic E-state index is 12.8. The van der Waals surface area contributed by atoms with Crippen molar-refractivity contribution in [2.45, 2.75) is 38.2 Å². The van der Waals surface area contributed by atoms with Gasteiger partial charge in [0.1, 0.15) is 4.83 Å². The fraction of sp³-hybridized carbons (Fsp3) is 0.278. The average Bonchev–Trinajstić information content (AvgIpc) is 2.88. The summed E-state index contributed by atoms with van der Waals surface area (Å²) in [6, 6.07) is 9.62. The molecule has 1 aromatic carbocycles. The number of benzene rings is 1. The van der Waals surface area contributed by atoms with Crippen LogP contribution in [0.5, 0.6) is 0 Å². The highest BCUT2D eigenvalue weighted by molar-refractivity contribution is 7.98. The van der Waals surface area contributed by atoms with Crippen molar-refractivity contribution < 1.29 is 0 Å². The van der Waals surface area contributed by atoms with Gasteiger partial charge in [0.15, 0.2) is 5.16 Å². The predicted molar refractivity (Wildman–Crippen MR) is 99.7 cm³/mol. The van der Waals surface area contributed by atoms with Crippen LogP contribution in [-0.2, 0) is 12.3 Å². The van der Waals surface area contributed by atoms with Crippen molar-refractivity contribution in [1.82, 2.24) is 9.55 Å².